The lowest BCUT2D eigenvalue weighted by Crippen LogP contribution is -2.71. The minimum absolute atomic E-state index is 0.291. The molecule has 1 aromatic heterocycles. The van der Waals surface area contributed by atoms with Gasteiger partial charge in [-0.3, -0.25) is 9.47 Å². The summed E-state index contributed by atoms with van der Waals surface area (Å²) in [5.74, 6) is -0.115. The van der Waals surface area contributed by atoms with Crippen LogP contribution in [0.1, 0.15) is 51.9 Å². The van der Waals surface area contributed by atoms with Crippen molar-refractivity contribution in [3.05, 3.63) is 34.6 Å². The first kappa shape index (κ1) is 26.2. The Morgan fingerprint density at radius 3 is 2.30 bits per heavy atom. The highest BCUT2D eigenvalue weighted by Crippen LogP contribution is 2.45. The van der Waals surface area contributed by atoms with Crippen molar-refractivity contribution in [2.45, 2.75) is 70.9 Å². The van der Waals surface area contributed by atoms with Gasteiger partial charge in [0.05, 0.1) is 12.2 Å². The van der Waals surface area contributed by atoms with Gasteiger partial charge >= 0.3 is 12.1 Å². The van der Waals surface area contributed by atoms with E-state index in [1.165, 1.54) is 44.9 Å². The quantitative estimate of drug-likeness (QED) is 0.575. The third-order valence-corrected chi connectivity index (χ3v) is 7.63. The molecule has 37 heavy (non-hydrogen) atoms. The molecule has 1 N–H and O–H groups in total. The third-order valence-electron chi connectivity index (χ3n) is 7.39. The van der Waals surface area contributed by atoms with E-state index >= 15 is 0 Å². The molecule has 202 valence electrons. The monoisotopic (exact) mass is 540 g/mol. The van der Waals surface area contributed by atoms with Crippen LogP contribution in [0.25, 0.3) is 5.69 Å². The van der Waals surface area contributed by atoms with Gasteiger partial charge in [-0.1, -0.05) is 11.6 Å². The van der Waals surface area contributed by atoms with Gasteiger partial charge in [-0.25, -0.2) is 4.79 Å². The summed E-state index contributed by atoms with van der Waals surface area (Å²) in [6, 6.07) is 6.23. The number of esters is 1. The lowest BCUT2D eigenvalue weighted by molar-refractivity contribution is -0.210. The normalized spacial score (nSPS) is 21.5. The molecule has 2 aromatic rings. The first-order chi connectivity index (χ1) is 17.2. The highest BCUT2D eigenvalue weighted by atomic mass is 35.5. The first-order valence-corrected chi connectivity index (χ1v) is 12.8. The minimum atomic E-state index is -4.90. The Morgan fingerprint density at radius 2 is 1.78 bits per heavy atom. The van der Waals surface area contributed by atoms with Gasteiger partial charge in [-0.2, -0.15) is 13.2 Å². The smallest absolute Gasteiger partial charge is 0.453 e. The summed E-state index contributed by atoms with van der Waals surface area (Å²) in [4.78, 5) is 15.1. The summed E-state index contributed by atoms with van der Waals surface area (Å²) < 4.78 is 40.8. The topological polar surface area (TPSA) is 75.5 Å². The van der Waals surface area contributed by atoms with Crippen molar-refractivity contribution in [1.29, 1.82) is 0 Å². The number of benzene rings is 1. The van der Waals surface area contributed by atoms with Crippen LogP contribution >= 0.6 is 11.6 Å². The molecule has 12 heteroatoms. The van der Waals surface area contributed by atoms with Gasteiger partial charge < -0.3 is 15.0 Å². The van der Waals surface area contributed by atoms with Crippen molar-refractivity contribution >= 4 is 23.5 Å². The van der Waals surface area contributed by atoms with E-state index in [0.29, 0.717) is 11.0 Å². The van der Waals surface area contributed by atoms with Crippen molar-refractivity contribution in [3.63, 3.8) is 0 Å². The zero-order chi connectivity index (χ0) is 26.8. The fourth-order valence-electron chi connectivity index (χ4n) is 5.01. The summed E-state index contributed by atoms with van der Waals surface area (Å²) in [7, 11) is 0. The second-order valence-corrected chi connectivity index (χ2v) is 12.3. The van der Waals surface area contributed by atoms with Crippen molar-refractivity contribution in [2.24, 2.45) is 5.41 Å². The van der Waals surface area contributed by atoms with Gasteiger partial charge in [0.15, 0.2) is 5.82 Å². The maximum atomic E-state index is 11.5. The summed E-state index contributed by atoms with van der Waals surface area (Å²) in [6.07, 6.45) is -2.38. The fourth-order valence-corrected chi connectivity index (χ4v) is 5.21. The molecule has 6 rings (SSSR count). The maximum absolute atomic E-state index is 11.5. The lowest BCUT2D eigenvalue weighted by Gasteiger charge is -2.56. The highest BCUT2D eigenvalue weighted by molar-refractivity contribution is 6.30. The molecule has 0 atom stereocenters. The molecule has 4 aliphatic rings. The molecule has 2 saturated heterocycles. The standard InChI is InChI=1S/C19H23ClN6.C6H9F3O2/c1-18(4-5-18)25-7-13-6-14(20)2-3-15(13)26-16(8-25)22-23-17(26)24-11-19(12-24)9-21-10-19;1-5(2,3)11-4(10)6(7,8)9/h2-3,6,21H,4-5,7-12H2,1H3;1-3H3. The molecular weight excluding hydrogens is 509 g/mol. The molecule has 3 aliphatic heterocycles. The molecular formula is C25H32ClF3N6O2. The molecule has 0 unspecified atom stereocenters. The molecule has 0 bridgehead atoms. The number of alkyl halides is 3. The number of aromatic nitrogens is 3. The van der Waals surface area contributed by atoms with Crippen molar-refractivity contribution in [2.75, 3.05) is 31.1 Å². The molecule has 1 saturated carbocycles. The second-order valence-electron chi connectivity index (χ2n) is 11.8. The number of hydrogen-bond acceptors (Lipinski definition) is 7. The summed E-state index contributed by atoms with van der Waals surface area (Å²) in [5, 5.41) is 13.4. The van der Waals surface area contributed by atoms with E-state index in [1.54, 1.807) is 0 Å². The zero-order valence-electron chi connectivity index (χ0n) is 21.5. The van der Waals surface area contributed by atoms with Crippen LogP contribution in [0.15, 0.2) is 18.2 Å². The maximum Gasteiger partial charge on any atom is 0.490 e. The van der Waals surface area contributed by atoms with Crippen molar-refractivity contribution in [3.8, 4) is 5.69 Å². The largest absolute Gasteiger partial charge is 0.490 e. The van der Waals surface area contributed by atoms with E-state index in [4.69, 9.17) is 11.6 Å². The number of carbonyl (C=O) groups excluding carboxylic acids is 1. The Balaban J connectivity index is 0.000000219. The minimum Gasteiger partial charge on any atom is -0.453 e. The first-order valence-electron chi connectivity index (χ1n) is 12.4. The van der Waals surface area contributed by atoms with Crippen LogP contribution < -0.4 is 10.2 Å². The van der Waals surface area contributed by atoms with Crippen LogP contribution in [0.5, 0.6) is 0 Å². The molecule has 1 aromatic carbocycles. The molecule has 1 aliphatic carbocycles. The van der Waals surface area contributed by atoms with Crippen LogP contribution in [0.4, 0.5) is 19.1 Å². The van der Waals surface area contributed by atoms with E-state index in [-0.39, 0.29) is 0 Å². The van der Waals surface area contributed by atoms with Crippen molar-refractivity contribution in [1.82, 2.24) is 25.0 Å². The Kier molecular flexibility index (Phi) is 6.27. The van der Waals surface area contributed by atoms with Gasteiger partial charge in [0, 0.05) is 48.7 Å². The Morgan fingerprint density at radius 1 is 1.11 bits per heavy atom. The highest BCUT2D eigenvalue weighted by Gasteiger charge is 2.50. The molecule has 1 spiro atoms. The number of nitrogens with zero attached hydrogens (tertiary/aromatic N) is 5. The SMILES string of the molecule is CC(C)(C)OC(=O)C(F)(F)F.CC1(N2Cc3cc(Cl)ccc3-n3c(nnc3N3CC4(CNC4)C3)C2)CC1. The van der Waals surface area contributed by atoms with Gasteiger partial charge in [-0.15, -0.1) is 10.2 Å². The molecule has 0 amide bonds. The molecule has 4 heterocycles. The van der Waals surface area contributed by atoms with Gasteiger partial charge in [0.1, 0.15) is 5.60 Å². The molecule has 8 nitrogen and oxygen atoms in total. The van der Waals surface area contributed by atoms with E-state index < -0.39 is 17.7 Å². The molecule has 0 radical (unpaired) electrons. The third kappa shape index (κ3) is 5.31. The predicted molar refractivity (Wildman–Crippen MR) is 133 cm³/mol. The number of anilines is 1. The fraction of sp³-hybridized carbons (Fsp3) is 0.640. The average Bonchev–Trinajstić information content (AvgIpc) is 3.38. The number of halogens is 4. The van der Waals surface area contributed by atoms with Crippen LogP contribution in [-0.2, 0) is 22.6 Å². The van der Waals surface area contributed by atoms with Crippen LogP contribution in [0.3, 0.4) is 0 Å². The van der Waals surface area contributed by atoms with E-state index in [1.807, 2.05) is 6.07 Å². The Labute approximate surface area is 219 Å². The predicted octanol–water partition coefficient (Wildman–Crippen LogP) is 4.09. The van der Waals surface area contributed by atoms with E-state index in [9.17, 15) is 18.0 Å². The van der Waals surface area contributed by atoms with Crippen LogP contribution in [0.2, 0.25) is 5.02 Å². The lowest BCUT2D eigenvalue weighted by atomic mass is 9.75. The Bertz CT molecular complexity index is 1190. The number of rotatable bonds is 2. The second kappa shape index (κ2) is 8.84. The van der Waals surface area contributed by atoms with E-state index in [0.717, 1.165) is 56.1 Å². The number of carbonyl (C=O) groups is 1. The average molecular weight is 541 g/mol. The summed E-state index contributed by atoms with van der Waals surface area (Å²) >= 11 is 6.34. The number of hydrogen-bond donors (Lipinski definition) is 1. The van der Waals surface area contributed by atoms with Crippen molar-refractivity contribution < 1.29 is 22.7 Å². The van der Waals surface area contributed by atoms with Crippen LogP contribution in [-0.4, -0.2) is 69.1 Å². The van der Waals surface area contributed by atoms with Gasteiger partial charge in [-0.05, 0) is 64.3 Å². The summed E-state index contributed by atoms with van der Waals surface area (Å²) in [6.45, 7) is 12.6. The Hall–Kier alpha value is -2.37. The zero-order valence-corrected chi connectivity index (χ0v) is 22.2. The van der Waals surface area contributed by atoms with E-state index in [2.05, 4.69) is 53.7 Å². The van der Waals surface area contributed by atoms with Gasteiger partial charge in [0.25, 0.3) is 0 Å². The van der Waals surface area contributed by atoms with Gasteiger partial charge in [0.2, 0.25) is 5.95 Å². The number of ether oxygens (including phenoxy) is 1. The molecule has 3 fully saturated rings. The number of fused-ring (bicyclic) bond motifs is 3. The number of nitrogens with one attached hydrogen (secondary N) is 1. The summed E-state index contributed by atoms with van der Waals surface area (Å²) in [5.41, 5.74) is 2.12. The van der Waals surface area contributed by atoms with Crippen LogP contribution in [0, 0.1) is 5.41 Å².